The monoisotopic (exact) mass is 284 g/mol. The molecular formula is C13H11Cl2FN2. The summed E-state index contributed by atoms with van der Waals surface area (Å²) in [6.07, 6.45) is 1.49. The second-order valence-electron chi connectivity index (χ2n) is 4.00. The molecule has 2 N–H and O–H groups in total. The summed E-state index contributed by atoms with van der Waals surface area (Å²) in [6.45, 7) is 1.79. The Labute approximate surface area is 115 Å². The van der Waals surface area contributed by atoms with Crippen LogP contribution in [0.5, 0.6) is 0 Å². The molecule has 2 nitrogen and oxygen atoms in total. The largest absolute Gasteiger partial charge is 0.319 e. The second kappa shape index (κ2) is 5.22. The summed E-state index contributed by atoms with van der Waals surface area (Å²) < 4.78 is 13.0. The molecule has 2 rings (SSSR count). The van der Waals surface area contributed by atoms with Gasteiger partial charge in [-0.05, 0) is 36.2 Å². The molecule has 1 aromatic heterocycles. The Kier molecular flexibility index (Phi) is 3.85. The summed E-state index contributed by atoms with van der Waals surface area (Å²) in [6, 6.07) is 5.52. The zero-order valence-electron chi connectivity index (χ0n) is 9.62. The third-order valence-corrected chi connectivity index (χ3v) is 3.21. The Bertz CT molecular complexity index is 536. The SMILES string of the molecule is Cc1cc(F)ccc1C(N)c1ncc(Cl)cc1Cl. The van der Waals surface area contributed by atoms with Gasteiger partial charge in [-0.2, -0.15) is 0 Å². The number of halogens is 3. The van der Waals surface area contributed by atoms with Crippen LogP contribution in [0, 0.1) is 12.7 Å². The van der Waals surface area contributed by atoms with E-state index in [1.54, 1.807) is 19.1 Å². The van der Waals surface area contributed by atoms with Crippen molar-refractivity contribution in [2.75, 3.05) is 0 Å². The average molecular weight is 285 g/mol. The third kappa shape index (κ3) is 2.64. The summed E-state index contributed by atoms with van der Waals surface area (Å²) in [7, 11) is 0. The highest BCUT2D eigenvalue weighted by Gasteiger charge is 2.16. The molecule has 0 aliphatic rings. The number of rotatable bonds is 2. The van der Waals surface area contributed by atoms with E-state index in [0.717, 1.165) is 11.1 Å². The molecular weight excluding hydrogens is 274 g/mol. The van der Waals surface area contributed by atoms with Crippen molar-refractivity contribution < 1.29 is 4.39 Å². The molecule has 18 heavy (non-hydrogen) atoms. The van der Waals surface area contributed by atoms with Gasteiger partial charge in [0, 0.05) is 6.20 Å². The molecule has 5 heteroatoms. The van der Waals surface area contributed by atoms with E-state index in [2.05, 4.69) is 4.98 Å². The van der Waals surface area contributed by atoms with Gasteiger partial charge in [-0.15, -0.1) is 0 Å². The molecule has 0 aliphatic heterocycles. The van der Waals surface area contributed by atoms with Crippen molar-refractivity contribution in [2.45, 2.75) is 13.0 Å². The van der Waals surface area contributed by atoms with Crippen molar-refractivity contribution in [3.63, 3.8) is 0 Å². The maximum atomic E-state index is 13.0. The van der Waals surface area contributed by atoms with Crippen LogP contribution < -0.4 is 5.73 Å². The molecule has 1 atom stereocenters. The number of nitrogens with two attached hydrogens (primary N) is 1. The van der Waals surface area contributed by atoms with Crippen molar-refractivity contribution in [1.82, 2.24) is 4.98 Å². The average Bonchev–Trinajstić information content (AvgIpc) is 2.28. The molecule has 0 radical (unpaired) electrons. The minimum Gasteiger partial charge on any atom is -0.319 e. The van der Waals surface area contributed by atoms with E-state index in [9.17, 15) is 4.39 Å². The van der Waals surface area contributed by atoms with Gasteiger partial charge in [-0.3, -0.25) is 4.98 Å². The van der Waals surface area contributed by atoms with Gasteiger partial charge in [-0.1, -0.05) is 29.3 Å². The number of benzene rings is 1. The van der Waals surface area contributed by atoms with Crippen LogP contribution in [0.15, 0.2) is 30.5 Å². The number of aromatic nitrogens is 1. The number of hydrogen-bond acceptors (Lipinski definition) is 2. The first-order valence-electron chi connectivity index (χ1n) is 5.31. The van der Waals surface area contributed by atoms with E-state index < -0.39 is 6.04 Å². The van der Waals surface area contributed by atoms with E-state index in [4.69, 9.17) is 28.9 Å². The molecule has 0 spiro atoms. The zero-order valence-corrected chi connectivity index (χ0v) is 11.1. The van der Waals surface area contributed by atoms with E-state index in [1.807, 2.05) is 0 Å². The van der Waals surface area contributed by atoms with Crippen molar-refractivity contribution in [2.24, 2.45) is 5.73 Å². The lowest BCUT2D eigenvalue weighted by molar-refractivity contribution is 0.624. The van der Waals surface area contributed by atoms with Gasteiger partial charge in [0.05, 0.1) is 21.8 Å². The zero-order chi connectivity index (χ0) is 13.3. The van der Waals surface area contributed by atoms with E-state index in [0.29, 0.717) is 15.7 Å². The highest BCUT2D eigenvalue weighted by atomic mass is 35.5. The van der Waals surface area contributed by atoms with Gasteiger partial charge in [-0.25, -0.2) is 4.39 Å². The summed E-state index contributed by atoms with van der Waals surface area (Å²) in [5.74, 6) is -0.293. The van der Waals surface area contributed by atoms with Crippen molar-refractivity contribution in [3.8, 4) is 0 Å². The van der Waals surface area contributed by atoms with Gasteiger partial charge < -0.3 is 5.73 Å². The number of hydrogen-bond donors (Lipinski definition) is 1. The van der Waals surface area contributed by atoms with Crippen LogP contribution in [0.2, 0.25) is 10.0 Å². The Morgan fingerprint density at radius 2 is 2.00 bits per heavy atom. The summed E-state index contributed by atoms with van der Waals surface area (Å²) in [4.78, 5) is 4.14. The molecule has 0 saturated heterocycles. The fourth-order valence-corrected chi connectivity index (χ4v) is 2.29. The van der Waals surface area contributed by atoms with Crippen LogP contribution in [0.25, 0.3) is 0 Å². The predicted octanol–water partition coefficient (Wildman–Crippen LogP) is 3.88. The number of aryl methyl sites for hydroxylation is 1. The van der Waals surface area contributed by atoms with E-state index in [-0.39, 0.29) is 5.82 Å². The lowest BCUT2D eigenvalue weighted by Gasteiger charge is -2.15. The highest BCUT2D eigenvalue weighted by Crippen LogP contribution is 2.28. The second-order valence-corrected chi connectivity index (χ2v) is 4.84. The molecule has 94 valence electrons. The maximum Gasteiger partial charge on any atom is 0.123 e. The lowest BCUT2D eigenvalue weighted by atomic mass is 9.99. The Hall–Kier alpha value is -1.16. The predicted molar refractivity (Wildman–Crippen MR) is 71.4 cm³/mol. The van der Waals surface area contributed by atoms with Crippen LogP contribution in [0.4, 0.5) is 4.39 Å². The summed E-state index contributed by atoms with van der Waals surface area (Å²) in [5, 5.41) is 0.852. The molecule has 0 saturated carbocycles. The molecule has 1 heterocycles. The van der Waals surface area contributed by atoms with Crippen molar-refractivity contribution >= 4 is 23.2 Å². The van der Waals surface area contributed by atoms with Gasteiger partial charge in [0.15, 0.2) is 0 Å². The summed E-state index contributed by atoms with van der Waals surface area (Å²) in [5.41, 5.74) is 8.17. The molecule has 0 aliphatic carbocycles. The smallest absolute Gasteiger partial charge is 0.123 e. The molecule has 0 bridgehead atoms. The fourth-order valence-electron chi connectivity index (χ4n) is 1.79. The lowest BCUT2D eigenvalue weighted by Crippen LogP contribution is -2.15. The number of pyridine rings is 1. The minimum absolute atomic E-state index is 0.293. The van der Waals surface area contributed by atoms with Gasteiger partial charge in [0.1, 0.15) is 5.82 Å². The minimum atomic E-state index is -0.504. The van der Waals surface area contributed by atoms with Crippen LogP contribution >= 0.6 is 23.2 Å². The third-order valence-electron chi connectivity index (χ3n) is 2.70. The van der Waals surface area contributed by atoms with Crippen LogP contribution in [0.3, 0.4) is 0 Å². The normalized spacial score (nSPS) is 12.5. The Morgan fingerprint density at radius 1 is 1.28 bits per heavy atom. The first kappa shape index (κ1) is 13.3. The van der Waals surface area contributed by atoms with Crippen LogP contribution in [-0.4, -0.2) is 4.98 Å². The Morgan fingerprint density at radius 3 is 2.61 bits per heavy atom. The topological polar surface area (TPSA) is 38.9 Å². The van der Waals surface area contributed by atoms with Crippen molar-refractivity contribution in [3.05, 3.63) is 63.1 Å². The molecule has 0 amide bonds. The first-order chi connectivity index (χ1) is 8.49. The van der Waals surface area contributed by atoms with Gasteiger partial charge >= 0.3 is 0 Å². The van der Waals surface area contributed by atoms with Gasteiger partial charge in [0.25, 0.3) is 0 Å². The molecule has 0 fully saturated rings. The van der Waals surface area contributed by atoms with E-state index >= 15 is 0 Å². The van der Waals surface area contributed by atoms with Gasteiger partial charge in [0.2, 0.25) is 0 Å². The molecule has 1 aromatic carbocycles. The first-order valence-corrected chi connectivity index (χ1v) is 6.07. The van der Waals surface area contributed by atoms with Crippen LogP contribution in [0.1, 0.15) is 22.9 Å². The van der Waals surface area contributed by atoms with E-state index in [1.165, 1.54) is 18.3 Å². The number of nitrogens with zero attached hydrogens (tertiary/aromatic N) is 1. The summed E-state index contributed by atoms with van der Waals surface area (Å²) >= 11 is 11.8. The quantitative estimate of drug-likeness (QED) is 0.909. The molecule has 2 aromatic rings. The van der Waals surface area contributed by atoms with Crippen molar-refractivity contribution in [1.29, 1.82) is 0 Å². The highest BCUT2D eigenvalue weighted by molar-refractivity contribution is 6.34. The maximum absolute atomic E-state index is 13.0. The molecule has 1 unspecified atom stereocenters. The fraction of sp³-hybridized carbons (Fsp3) is 0.154. The van der Waals surface area contributed by atoms with Crippen LogP contribution in [-0.2, 0) is 0 Å². The Balaban J connectivity index is 2.44. The standard InChI is InChI=1S/C13H11Cl2FN2/c1-7-4-9(16)2-3-10(7)12(17)13-11(15)5-8(14)6-18-13/h2-6,12H,17H2,1H3.